The first-order chi connectivity index (χ1) is 17.4. The number of rotatable bonds is 4. The summed E-state index contributed by atoms with van der Waals surface area (Å²) in [5.41, 5.74) is 1.75. The standard InChI is InChI=1S/C27H18ClN3O5/c28-18-12-11-17(31(35)36)14-21(18)30-26(33)22-20-13-10-15-6-4-5-9-19(15)29(20)24(23(22)27(30)34)25(32)16-7-2-1-3-8-16/h1-14,20,22-24H/t20-,22+,23-,24+/m1/s1. The van der Waals surface area contributed by atoms with Crippen LogP contribution in [0.1, 0.15) is 15.9 Å². The Morgan fingerprint density at radius 1 is 0.889 bits per heavy atom. The van der Waals surface area contributed by atoms with Crippen molar-refractivity contribution in [3.63, 3.8) is 0 Å². The van der Waals surface area contributed by atoms with E-state index in [1.165, 1.54) is 12.1 Å². The van der Waals surface area contributed by atoms with Crippen LogP contribution in [0.2, 0.25) is 5.02 Å². The number of benzene rings is 3. The number of para-hydroxylation sites is 1. The summed E-state index contributed by atoms with van der Waals surface area (Å²) < 4.78 is 0. The molecular formula is C27H18ClN3O5. The molecule has 178 valence electrons. The number of nitro groups is 1. The van der Waals surface area contributed by atoms with Gasteiger partial charge >= 0.3 is 0 Å². The Morgan fingerprint density at radius 2 is 1.58 bits per heavy atom. The predicted molar refractivity (Wildman–Crippen MR) is 134 cm³/mol. The van der Waals surface area contributed by atoms with Crippen molar-refractivity contribution in [1.82, 2.24) is 0 Å². The first-order valence-electron chi connectivity index (χ1n) is 11.3. The SMILES string of the molecule is O=C(c1ccccc1)[C@@H]1[C@@H]2C(=O)N(c3cc([N+](=O)[O-])ccc3Cl)C(=O)[C@H]2[C@H]2C=Cc3ccccc3N21. The molecule has 2 saturated heterocycles. The van der Waals surface area contributed by atoms with Gasteiger partial charge in [-0.3, -0.25) is 24.5 Å². The maximum atomic E-state index is 13.9. The predicted octanol–water partition coefficient (Wildman–Crippen LogP) is 4.52. The molecule has 2 fully saturated rings. The minimum atomic E-state index is -0.985. The molecule has 0 N–H and O–H groups in total. The molecule has 0 aliphatic carbocycles. The maximum Gasteiger partial charge on any atom is 0.271 e. The van der Waals surface area contributed by atoms with Crippen molar-refractivity contribution < 1.29 is 19.3 Å². The molecule has 4 atom stereocenters. The highest BCUT2D eigenvalue weighted by atomic mass is 35.5. The average Bonchev–Trinajstić information content (AvgIpc) is 3.37. The highest BCUT2D eigenvalue weighted by Crippen LogP contribution is 2.50. The number of ketones is 1. The van der Waals surface area contributed by atoms with E-state index in [9.17, 15) is 24.5 Å². The molecule has 0 radical (unpaired) electrons. The van der Waals surface area contributed by atoms with Crippen LogP contribution < -0.4 is 9.80 Å². The molecule has 0 spiro atoms. The topological polar surface area (TPSA) is 101 Å². The molecule has 0 unspecified atom stereocenters. The van der Waals surface area contributed by atoms with Gasteiger partial charge in [-0.05, 0) is 17.7 Å². The molecule has 3 aliphatic rings. The molecular weight excluding hydrogens is 482 g/mol. The summed E-state index contributed by atoms with van der Waals surface area (Å²) in [7, 11) is 0. The lowest BCUT2D eigenvalue weighted by Crippen LogP contribution is -2.48. The van der Waals surface area contributed by atoms with Gasteiger partial charge in [0.25, 0.3) is 5.69 Å². The third-order valence-electron chi connectivity index (χ3n) is 7.12. The number of imide groups is 1. The number of nitrogens with zero attached hydrogens (tertiary/aromatic N) is 3. The fourth-order valence-corrected chi connectivity index (χ4v) is 5.81. The van der Waals surface area contributed by atoms with E-state index >= 15 is 0 Å². The van der Waals surface area contributed by atoms with Gasteiger partial charge in [0.05, 0.1) is 33.5 Å². The van der Waals surface area contributed by atoms with Crippen LogP contribution in [0.4, 0.5) is 17.1 Å². The average molecular weight is 500 g/mol. The highest BCUT2D eigenvalue weighted by molar-refractivity contribution is 6.36. The molecule has 0 bridgehead atoms. The smallest absolute Gasteiger partial charge is 0.271 e. The number of carbonyl (C=O) groups is 3. The van der Waals surface area contributed by atoms with Crippen LogP contribution in [0.3, 0.4) is 0 Å². The van der Waals surface area contributed by atoms with E-state index in [1.54, 1.807) is 30.3 Å². The van der Waals surface area contributed by atoms with E-state index in [2.05, 4.69) is 0 Å². The monoisotopic (exact) mass is 499 g/mol. The molecule has 3 aromatic rings. The zero-order valence-corrected chi connectivity index (χ0v) is 19.4. The third kappa shape index (κ3) is 3.11. The Balaban J connectivity index is 1.50. The van der Waals surface area contributed by atoms with Gasteiger partial charge in [0.1, 0.15) is 6.04 Å². The first kappa shape index (κ1) is 22.2. The number of nitro benzene ring substituents is 1. The summed E-state index contributed by atoms with van der Waals surface area (Å²) in [5, 5.41) is 11.4. The number of carbonyl (C=O) groups excluding carboxylic acids is 3. The Labute approximate surface area is 210 Å². The zero-order valence-electron chi connectivity index (χ0n) is 18.7. The van der Waals surface area contributed by atoms with Crippen molar-refractivity contribution in [2.24, 2.45) is 11.8 Å². The lowest BCUT2D eigenvalue weighted by molar-refractivity contribution is -0.384. The van der Waals surface area contributed by atoms with Gasteiger partial charge < -0.3 is 4.90 Å². The molecule has 3 aliphatic heterocycles. The van der Waals surface area contributed by atoms with Crippen LogP contribution in [-0.2, 0) is 9.59 Å². The van der Waals surface area contributed by atoms with Crippen LogP contribution in [0, 0.1) is 22.0 Å². The van der Waals surface area contributed by atoms with E-state index in [0.29, 0.717) is 5.56 Å². The second kappa shape index (κ2) is 8.13. The molecule has 36 heavy (non-hydrogen) atoms. The number of hydrogen-bond donors (Lipinski definition) is 0. The Kier molecular flexibility index (Phi) is 5.01. The quantitative estimate of drug-likeness (QED) is 0.226. The normalized spacial score (nSPS) is 23.9. The zero-order chi connectivity index (χ0) is 25.1. The van der Waals surface area contributed by atoms with Gasteiger partial charge in [0.2, 0.25) is 11.8 Å². The van der Waals surface area contributed by atoms with Crippen molar-refractivity contribution >= 4 is 52.3 Å². The minimum Gasteiger partial charge on any atom is -0.352 e. The van der Waals surface area contributed by atoms with Crippen molar-refractivity contribution in [2.75, 3.05) is 9.80 Å². The molecule has 9 heteroatoms. The number of anilines is 2. The summed E-state index contributed by atoms with van der Waals surface area (Å²) in [5.74, 6) is -3.24. The number of non-ortho nitro benzene ring substituents is 1. The number of fused-ring (bicyclic) bond motifs is 5. The van der Waals surface area contributed by atoms with Gasteiger partial charge in [-0.2, -0.15) is 0 Å². The third-order valence-corrected chi connectivity index (χ3v) is 7.44. The fourth-order valence-electron chi connectivity index (χ4n) is 5.61. The Bertz CT molecular complexity index is 1490. The molecule has 6 rings (SSSR count). The molecule has 0 saturated carbocycles. The second-order valence-electron chi connectivity index (χ2n) is 8.95. The summed E-state index contributed by atoms with van der Waals surface area (Å²) in [6.45, 7) is 0. The van der Waals surface area contributed by atoms with E-state index in [4.69, 9.17) is 11.6 Å². The summed E-state index contributed by atoms with van der Waals surface area (Å²) in [4.78, 5) is 55.1. The van der Waals surface area contributed by atoms with Gasteiger partial charge in [0, 0.05) is 23.4 Å². The van der Waals surface area contributed by atoms with Crippen LogP contribution in [0.5, 0.6) is 0 Å². The number of amides is 2. The lowest BCUT2D eigenvalue weighted by Gasteiger charge is -2.36. The molecule has 3 heterocycles. The van der Waals surface area contributed by atoms with Gasteiger partial charge in [-0.25, -0.2) is 4.90 Å². The summed E-state index contributed by atoms with van der Waals surface area (Å²) in [6.07, 6.45) is 3.74. The highest BCUT2D eigenvalue weighted by Gasteiger charge is 2.64. The lowest BCUT2D eigenvalue weighted by atomic mass is 9.86. The van der Waals surface area contributed by atoms with E-state index < -0.39 is 40.7 Å². The van der Waals surface area contributed by atoms with Gasteiger partial charge in [-0.15, -0.1) is 0 Å². The summed E-state index contributed by atoms with van der Waals surface area (Å²) >= 11 is 6.31. The van der Waals surface area contributed by atoms with Crippen molar-refractivity contribution in [3.05, 3.63) is 105 Å². The van der Waals surface area contributed by atoms with Crippen LogP contribution in [0.15, 0.2) is 78.9 Å². The minimum absolute atomic E-state index is 0.0367. The van der Waals surface area contributed by atoms with Crippen LogP contribution >= 0.6 is 11.6 Å². The van der Waals surface area contributed by atoms with Gasteiger partial charge in [0.15, 0.2) is 5.78 Å². The van der Waals surface area contributed by atoms with E-state index in [0.717, 1.165) is 22.2 Å². The van der Waals surface area contributed by atoms with Crippen molar-refractivity contribution in [1.29, 1.82) is 0 Å². The molecule has 3 aromatic carbocycles. The first-order valence-corrected chi connectivity index (χ1v) is 11.7. The number of Topliss-reactive ketones (excluding diaryl/α,β-unsaturated/α-hetero) is 1. The van der Waals surface area contributed by atoms with Gasteiger partial charge in [-0.1, -0.05) is 72.3 Å². The Hall–Kier alpha value is -4.30. The summed E-state index contributed by atoms with van der Waals surface area (Å²) in [6, 6.07) is 18.3. The van der Waals surface area contributed by atoms with Crippen LogP contribution in [0.25, 0.3) is 6.08 Å². The second-order valence-corrected chi connectivity index (χ2v) is 9.35. The molecule has 2 amide bonds. The van der Waals surface area contributed by atoms with E-state index in [1.807, 2.05) is 41.3 Å². The van der Waals surface area contributed by atoms with Crippen molar-refractivity contribution in [3.8, 4) is 0 Å². The Morgan fingerprint density at radius 3 is 2.33 bits per heavy atom. The fraction of sp³-hybridized carbons (Fsp3) is 0.148. The number of hydrogen-bond acceptors (Lipinski definition) is 6. The van der Waals surface area contributed by atoms with Crippen molar-refractivity contribution in [2.45, 2.75) is 12.1 Å². The number of halogens is 1. The van der Waals surface area contributed by atoms with E-state index in [-0.39, 0.29) is 22.2 Å². The molecule has 8 nitrogen and oxygen atoms in total. The maximum absolute atomic E-state index is 13.9. The largest absolute Gasteiger partial charge is 0.352 e. The van der Waals surface area contributed by atoms with Crippen LogP contribution in [-0.4, -0.2) is 34.6 Å². The molecule has 0 aromatic heterocycles.